The number of hydrogen-bond acceptors (Lipinski definition) is 3. The molecule has 2 aromatic rings. The fourth-order valence-electron chi connectivity index (χ4n) is 3.53. The number of Topliss-reactive ketones (excluding diaryl/α,β-unsaturated/α-hetero) is 1. The SMILES string of the molecule is Cc1cc(/C=C2/CC/C(=C/c3cc(C)c(O)c(C)c3)C2=O)cc(C)c1O. The van der Waals surface area contributed by atoms with Crippen molar-refractivity contribution in [3.05, 3.63) is 68.8 Å². The van der Waals surface area contributed by atoms with E-state index in [1.807, 2.05) is 64.1 Å². The van der Waals surface area contributed by atoms with Crippen LogP contribution in [0.25, 0.3) is 12.2 Å². The molecule has 1 fully saturated rings. The van der Waals surface area contributed by atoms with E-state index in [0.29, 0.717) is 11.5 Å². The highest BCUT2D eigenvalue weighted by Crippen LogP contribution is 2.32. The lowest BCUT2D eigenvalue weighted by molar-refractivity contribution is -0.111. The van der Waals surface area contributed by atoms with Crippen LogP contribution in [-0.2, 0) is 4.79 Å². The average molecular weight is 348 g/mol. The Labute approximate surface area is 154 Å². The minimum absolute atomic E-state index is 0.0803. The molecule has 0 atom stereocenters. The molecular formula is C23H24O3. The van der Waals surface area contributed by atoms with Gasteiger partial charge in [0, 0.05) is 11.1 Å². The molecule has 3 rings (SSSR count). The number of phenols is 2. The Balaban J connectivity index is 1.91. The number of allylic oxidation sites excluding steroid dienone is 2. The number of carbonyl (C=O) groups is 1. The molecule has 3 nitrogen and oxygen atoms in total. The van der Waals surface area contributed by atoms with Crippen molar-refractivity contribution in [1.82, 2.24) is 0 Å². The van der Waals surface area contributed by atoms with Crippen molar-refractivity contribution in [2.45, 2.75) is 40.5 Å². The van der Waals surface area contributed by atoms with Crippen LogP contribution in [0.5, 0.6) is 11.5 Å². The Bertz CT molecular complexity index is 838. The summed E-state index contributed by atoms with van der Waals surface area (Å²) in [5.74, 6) is 0.698. The lowest BCUT2D eigenvalue weighted by Gasteiger charge is -2.06. The molecule has 0 bridgehead atoms. The smallest absolute Gasteiger partial charge is 0.185 e. The molecule has 0 amide bonds. The van der Waals surface area contributed by atoms with E-state index in [0.717, 1.165) is 57.4 Å². The number of rotatable bonds is 2. The number of benzene rings is 2. The summed E-state index contributed by atoms with van der Waals surface area (Å²) in [7, 11) is 0. The van der Waals surface area contributed by atoms with Crippen molar-refractivity contribution in [1.29, 1.82) is 0 Å². The Morgan fingerprint density at radius 2 is 1.00 bits per heavy atom. The van der Waals surface area contributed by atoms with Gasteiger partial charge in [-0.25, -0.2) is 0 Å². The van der Waals surface area contributed by atoms with E-state index in [1.54, 1.807) is 0 Å². The van der Waals surface area contributed by atoms with Crippen LogP contribution < -0.4 is 0 Å². The first-order valence-electron chi connectivity index (χ1n) is 8.82. The van der Waals surface area contributed by atoms with Gasteiger partial charge in [0.2, 0.25) is 0 Å². The van der Waals surface area contributed by atoms with Crippen LogP contribution >= 0.6 is 0 Å². The van der Waals surface area contributed by atoms with Gasteiger partial charge in [-0.1, -0.05) is 0 Å². The Kier molecular flexibility index (Phi) is 4.73. The third-order valence-corrected chi connectivity index (χ3v) is 4.96. The zero-order valence-corrected chi connectivity index (χ0v) is 15.7. The molecule has 1 aliphatic carbocycles. The average Bonchev–Trinajstić information content (AvgIpc) is 2.90. The van der Waals surface area contributed by atoms with Crippen LogP contribution in [0.3, 0.4) is 0 Å². The maximum Gasteiger partial charge on any atom is 0.185 e. The Hall–Kier alpha value is -2.81. The molecule has 0 heterocycles. The fraction of sp³-hybridized carbons (Fsp3) is 0.261. The number of aromatic hydroxyl groups is 2. The summed E-state index contributed by atoms with van der Waals surface area (Å²) in [6.45, 7) is 7.45. The van der Waals surface area contributed by atoms with Crippen LogP contribution in [0, 0.1) is 27.7 Å². The number of phenolic OH excluding ortho intramolecular Hbond substituents is 2. The van der Waals surface area contributed by atoms with Crippen molar-refractivity contribution < 1.29 is 15.0 Å². The molecule has 0 aliphatic heterocycles. The Morgan fingerprint density at radius 3 is 1.31 bits per heavy atom. The minimum Gasteiger partial charge on any atom is -0.507 e. The van der Waals surface area contributed by atoms with Crippen LogP contribution in [-0.4, -0.2) is 16.0 Å². The fourth-order valence-corrected chi connectivity index (χ4v) is 3.53. The van der Waals surface area contributed by atoms with Gasteiger partial charge in [0.25, 0.3) is 0 Å². The van der Waals surface area contributed by atoms with Crippen molar-refractivity contribution in [2.24, 2.45) is 0 Å². The van der Waals surface area contributed by atoms with Gasteiger partial charge in [-0.15, -0.1) is 0 Å². The van der Waals surface area contributed by atoms with E-state index in [2.05, 4.69) is 0 Å². The van der Waals surface area contributed by atoms with Gasteiger partial charge in [0.05, 0.1) is 0 Å². The highest BCUT2D eigenvalue weighted by Gasteiger charge is 2.23. The van der Waals surface area contributed by atoms with Gasteiger partial charge in [0.1, 0.15) is 11.5 Å². The van der Waals surface area contributed by atoms with E-state index in [4.69, 9.17) is 0 Å². The maximum atomic E-state index is 12.8. The van der Waals surface area contributed by atoms with Gasteiger partial charge < -0.3 is 10.2 Å². The van der Waals surface area contributed by atoms with Crippen molar-refractivity contribution in [3.8, 4) is 11.5 Å². The second-order valence-corrected chi connectivity index (χ2v) is 7.17. The van der Waals surface area contributed by atoms with Crippen LogP contribution in [0.15, 0.2) is 35.4 Å². The zero-order valence-electron chi connectivity index (χ0n) is 15.7. The first kappa shape index (κ1) is 18.0. The summed E-state index contributed by atoms with van der Waals surface area (Å²) in [5, 5.41) is 19.8. The van der Waals surface area contributed by atoms with Crippen LogP contribution in [0.4, 0.5) is 0 Å². The first-order chi connectivity index (χ1) is 12.3. The number of hydrogen-bond donors (Lipinski definition) is 2. The summed E-state index contributed by atoms with van der Waals surface area (Å²) >= 11 is 0. The van der Waals surface area contributed by atoms with Gasteiger partial charge in [-0.05, 0) is 110 Å². The van der Waals surface area contributed by atoms with Crippen LogP contribution in [0.2, 0.25) is 0 Å². The second kappa shape index (κ2) is 6.83. The van der Waals surface area contributed by atoms with Crippen molar-refractivity contribution in [2.75, 3.05) is 0 Å². The number of aryl methyl sites for hydroxylation is 4. The van der Waals surface area contributed by atoms with Crippen molar-refractivity contribution >= 4 is 17.9 Å². The van der Waals surface area contributed by atoms with Gasteiger partial charge >= 0.3 is 0 Å². The van der Waals surface area contributed by atoms with E-state index in [9.17, 15) is 15.0 Å². The summed E-state index contributed by atoms with van der Waals surface area (Å²) in [4.78, 5) is 12.8. The van der Waals surface area contributed by atoms with Crippen LogP contribution in [0.1, 0.15) is 46.2 Å². The molecule has 0 unspecified atom stereocenters. The molecular weight excluding hydrogens is 324 g/mol. The molecule has 0 saturated heterocycles. The summed E-state index contributed by atoms with van der Waals surface area (Å²) < 4.78 is 0. The van der Waals surface area contributed by atoms with Gasteiger partial charge in [-0.2, -0.15) is 0 Å². The molecule has 26 heavy (non-hydrogen) atoms. The maximum absolute atomic E-state index is 12.8. The highest BCUT2D eigenvalue weighted by molar-refractivity contribution is 6.15. The molecule has 1 saturated carbocycles. The summed E-state index contributed by atoms with van der Waals surface area (Å²) in [5.41, 5.74) is 6.74. The molecule has 0 radical (unpaired) electrons. The minimum atomic E-state index is 0.0803. The van der Waals surface area contributed by atoms with Gasteiger partial charge in [0.15, 0.2) is 5.78 Å². The zero-order chi connectivity index (χ0) is 19.0. The standard InChI is InChI=1S/C23H24O3/c1-13-7-17(8-14(2)21(13)24)11-19-5-6-20(23(19)26)12-18-9-15(3)22(25)16(4)10-18/h7-12,24-25H,5-6H2,1-4H3/b19-11-,20-12-. The molecule has 2 aromatic carbocycles. The molecule has 0 spiro atoms. The highest BCUT2D eigenvalue weighted by atomic mass is 16.3. The monoisotopic (exact) mass is 348 g/mol. The first-order valence-corrected chi connectivity index (χ1v) is 8.82. The third-order valence-electron chi connectivity index (χ3n) is 4.96. The predicted octanol–water partition coefficient (Wildman–Crippen LogP) is 5.16. The molecule has 2 N–H and O–H groups in total. The predicted molar refractivity (Wildman–Crippen MR) is 105 cm³/mol. The van der Waals surface area contributed by atoms with E-state index < -0.39 is 0 Å². The molecule has 134 valence electrons. The third kappa shape index (κ3) is 3.43. The topological polar surface area (TPSA) is 57.5 Å². The largest absolute Gasteiger partial charge is 0.507 e. The normalized spacial score (nSPS) is 17.5. The van der Waals surface area contributed by atoms with E-state index >= 15 is 0 Å². The molecule has 3 heteroatoms. The van der Waals surface area contributed by atoms with Gasteiger partial charge in [-0.3, -0.25) is 4.79 Å². The quantitative estimate of drug-likeness (QED) is 0.737. The van der Waals surface area contributed by atoms with E-state index in [1.165, 1.54) is 0 Å². The summed E-state index contributed by atoms with van der Waals surface area (Å²) in [6, 6.07) is 7.60. The molecule has 0 aromatic heterocycles. The summed E-state index contributed by atoms with van der Waals surface area (Å²) in [6.07, 6.45) is 5.30. The lowest BCUT2D eigenvalue weighted by Crippen LogP contribution is -1.96. The second-order valence-electron chi connectivity index (χ2n) is 7.17. The van der Waals surface area contributed by atoms with Crippen molar-refractivity contribution in [3.63, 3.8) is 0 Å². The number of carbonyl (C=O) groups excluding carboxylic acids is 1. The lowest BCUT2D eigenvalue weighted by atomic mass is 10.0. The number of ketones is 1. The molecule has 1 aliphatic rings. The Morgan fingerprint density at radius 1 is 0.692 bits per heavy atom. The van der Waals surface area contributed by atoms with E-state index in [-0.39, 0.29) is 5.78 Å².